The van der Waals surface area contributed by atoms with Gasteiger partial charge in [-0.1, -0.05) is 6.07 Å². The first-order chi connectivity index (χ1) is 6.27. The van der Waals surface area contributed by atoms with Crippen molar-refractivity contribution in [1.29, 1.82) is 0 Å². The minimum atomic E-state index is -0.422. The molecule has 1 aromatic heterocycles. The number of fused-ring (bicyclic) bond motifs is 1. The van der Waals surface area contributed by atoms with Crippen molar-refractivity contribution in [3.8, 4) is 0 Å². The smallest absolute Gasteiger partial charge is 0.258 e. The molecule has 0 aliphatic rings. The summed E-state index contributed by atoms with van der Waals surface area (Å²) in [5, 5.41) is 11.3. The lowest BCUT2D eigenvalue weighted by Crippen LogP contribution is -1.87. The molecule has 0 saturated heterocycles. The minimum Gasteiger partial charge on any atom is -0.258 e. The van der Waals surface area contributed by atoms with Crippen molar-refractivity contribution in [2.45, 2.75) is 0 Å². The summed E-state index contributed by atoms with van der Waals surface area (Å²) < 4.78 is 0. The summed E-state index contributed by atoms with van der Waals surface area (Å²) in [6.07, 6.45) is 1.62. The molecule has 2 aromatic rings. The van der Waals surface area contributed by atoms with E-state index in [1.165, 1.54) is 12.1 Å². The lowest BCUT2D eigenvalue weighted by atomic mass is 10.2. The van der Waals surface area contributed by atoms with Crippen LogP contribution in [-0.4, -0.2) is 9.91 Å². The van der Waals surface area contributed by atoms with E-state index in [1.807, 2.05) is 6.07 Å². The van der Waals surface area contributed by atoms with Crippen LogP contribution in [0.4, 0.5) is 5.69 Å². The van der Waals surface area contributed by atoms with E-state index in [2.05, 4.69) is 4.98 Å². The summed E-state index contributed by atoms with van der Waals surface area (Å²) >= 11 is 0. The third-order valence-electron chi connectivity index (χ3n) is 1.80. The molecule has 0 aliphatic heterocycles. The highest BCUT2D eigenvalue weighted by Gasteiger charge is 2.05. The predicted molar refractivity (Wildman–Crippen MR) is 62.9 cm³/mol. The van der Waals surface area contributed by atoms with Crippen molar-refractivity contribution in [3.05, 3.63) is 46.6 Å². The molecule has 0 N–H and O–H groups in total. The molecule has 0 amide bonds. The van der Waals surface area contributed by atoms with Crippen LogP contribution in [0.1, 0.15) is 0 Å². The molecule has 80 valence electrons. The monoisotopic (exact) mass is 246 g/mol. The number of aromatic nitrogens is 1. The number of hydrogen-bond donors (Lipinski definition) is 0. The lowest BCUT2D eigenvalue weighted by Gasteiger charge is -1.95. The molecule has 0 fully saturated rings. The van der Waals surface area contributed by atoms with Crippen LogP contribution in [-0.2, 0) is 0 Å². The van der Waals surface area contributed by atoms with Gasteiger partial charge in [0.1, 0.15) is 0 Å². The Morgan fingerprint density at radius 3 is 2.60 bits per heavy atom. The van der Waals surface area contributed by atoms with Crippen molar-refractivity contribution in [1.82, 2.24) is 4.98 Å². The zero-order valence-electron chi connectivity index (χ0n) is 7.49. The van der Waals surface area contributed by atoms with Crippen LogP contribution in [0.25, 0.3) is 10.9 Å². The number of hydrogen-bond acceptors (Lipinski definition) is 3. The third-order valence-corrected chi connectivity index (χ3v) is 1.80. The average Bonchev–Trinajstić information content (AvgIpc) is 2.17. The van der Waals surface area contributed by atoms with Gasteiger partial charge in [0.2, 0.25) is 0 Å². The fraction of sp³-hybridized carbons (Fsp3) is 0. The van der Waals surface area contributed by atoms with Gasteiger partial charge in [0, 0.05) is 23.7 Å². The Balaban J connectivity index is 0.000000980. The quantitative estimate of drug-likeness (QED) is 0.574. The first-order valence-corrected chi connectivity index (χ1v) is 3.76. The van der Waals surface area contributed by atoms with Gasteiger partial charge in [-0.2, -0.15) is 0 Å². The van der Waals surface area contributed by atoms with Gasteiger partial charge in [-0.25, -0.2) is 0 Å². The van der Waals surface area contributed by atoms with Gasteiger partial charge in [-0.3, -0.25) is 15.1 Å². The van der Waals surface area contributed by atoms with E-state index in [-0.39, 0.29) is 30.5 Å². The maximum atomic E-state index is 10.4. The van der Waals surface area contributed by atoms with Gasteiger partial charge in [-0.05, 0) is 12.1 Å². The largest absolute Gasteiger partial charge is 0.271 e. The van der Waals surface area contributed by atoms with E-state index in [9.17, 15) is 10.1 Å². The van der Waals surface area contributed by atoms with E-state index in [0.29, 0.717) is 5.52 Å². The number of rotatable bonds is 1. The molecule has 6 heteroatoms. The maximum absolute atomic E-state index is 10.4. The van der Waals surface area contributed by atoms with Crippen molar-refractivity contribution in [2.75, 3.05) is 0 Å². The number of non-ortho nitro benzene ring substituents is 1. The van der Waals surface area contributed by atoms with E-state index < -0.39 is 4.92 Å². The zero-order valence-corrected chi connectivity index (χ0v) is 9.12. The number of nitro groups is 1. The standard InChI is InChI=1S/C9H6N2O2.2ClH/c12-11(13)8-4-3-7-2-1-5-10-9(7)6-8;;/h1-6H;2*1H. The minimum absolute atomic E-state index is 0. The summed E-state index contributed by atoms with van der Waals surface area (Å²) in [5.41, 5.74) is 0.725. The predicted octanol–water partition coefficient (Wildman–Crippen LogP) is 2.99. The van der Waals surface area contributed by atoms with Crippen molar-refractivity contribution in [3.63, 3.8) is 0 Å². The molecule has 1 heterocycles. The lowest BCUT2D eigenvalue weighted by molar-refractivity contribution is -0.384. The highest BCUT2D eigenvalue weighted by atomic mass is 35.5. The van der Waals surface area contributed by atoms with Gasteiger partial charge < -0.3 is 0 Å². The summed E-state index contributed by atoms with van der Waals surface area (Å²) in [4.78, 5) is 14.0. The van der Waals surface area contributed by atoms with Crippen LogP contribution in [0, 0.1) is 10.1 Å². The second-order valence-corrected chi connectivity index (χ2v) is 2.64. The average molecular weight is 247 g/mol. The first kappa shape index (κ1) is 13.6. The summed E-state index contributed by atoms with van der Waals surface area (Å²) in [6, 6.07) is 8.31. The molecule has 0 unspecified atom stereocenters. The first-order valence-electron chi connectivity index (χ1n) is 3.76. The summed E-state index contributed by atoms with van der Waals surface area (Å²) in [6.45, 7) is 0. The molecule has 0 spiro atoms. The van der Waals surface area contributed by atoms with Crippen molar-refractivity contribution >= 4 is 41.4 Å². The molecule has 0 bridgehead atoms. The van der Waals surface area contributed by atoms with E-state index >= 15 is 0 Å². The highest BCUT2D eigenvalue weighted by Crippen LogP contribution is 2.17. The van der Waals surface area contributed by atoms with Crippen LogP contribution in [0.2, 0.25) is 0 Å². The van der Waals surface area contributed by atoms with Crippen LogP contribution in [0.3, 0.4) is 0 Å². The Hall–Kier alpha value is -1.39. The van der Waals surface area contributed by atoms with Gasteiger partial charge >= 0.3 is 0 Å². The Morgan fingerprint density at radius 1 is 1.20 bits per heavy atom. The van der Waals surface area contributed by atoms with Crippen LogP contribution >= 0.6 is 24.8 Å². The molecule has 0 radical (unpaired) electrons. The normalized spacial score (nSPS) is 8.80. The molecule has 1 aromatic carbocycles. The number of nitro benzene ring substituents is 1. The Kier molecular flexibility index (Phi) is 4.97. The summed E-state index contributed by atoms with van der Waals surface area (Å²) in [7, 11) is 0. The van der Waals surface area contributed by atoms with Crippen molar-refractivity contribution < 1.29 is 4.92 Å². The van der Waals surface area contributed by atoms with E-state index in [4.69, 9.17) is 0 Å². The second kappa shape index (κ2) is 5.48. The zero-order chi connectivity index (χ0) is 9.26. The van der Waals surface area contributed by atoms with E-state index in [0.717, 1.165) is 5.39 Å². The molecule has 0 atom stereocenters. The second-order valence-electron chi connectivity index (χ2n) is 2.64. The number of nitrogens with zero attached hydrogens (tertiary/aromatic N) is 2. The maximum Gasteiger partial charge on any atom is 0.271 e. The topological polar surface area (TPSA) is 56.0 Å². The van der Waals surface area contributed by atoms with E-state index in [1.54, 1.807) is 18.3 Å². The van der Waals surface area contributed by atoms with Gasteiger partial charge in [0.25, 0.3) is 5.69 Å². The number of benzene rings is 1. The molecule has 15 heavy (non-hydrogen) atoms. The fourth-order valence-electron chi connectivity index (χ4n) is 1.17. The fourth-order valence-corrected chi connectivity index (χ4v) is 1.17. The van der Waals surface area contributed by atoms with Gasteiger partial charge in [0.05, 0.1) is 10.4 Å². The van der Waals surface area contributed by atoms with Crippen LogP contribution < -0.4 is 0 Å². The molecular weight excluding hydrogens is 239 g/mol. The van der Waals surface area contributed by atoms with Gasteiger partial charge in [0.15, 0.2) is 0 Å². The van der Waals surface area contributed by atoms with Crippen LogP contribution in [0.5, 0.6) is 0 Å². The molecule has 0 aliphatic carbocycles. The Morgan fingerprint density at radius 2 is 1.93 bits per heavy atom. The molecule has 4 nitrogen and oxygen atoms in total. The third kappa shape index (κ3) is 2.78. The molecular formula is C9H8Cl2N2O2. The SMILES string of the molecule is Cl.Cl.O=[N+]([O-])c1ccc2cccnc2c1. The summed E-state index contributed by atoms with van der Waals surface area (Å²) in [5.74, 6) is 0. The van der Waals surface area contributed by atoms with Crippen molar-refractivity contribution in [2.24, 2.45) is 0 Å². The molecule has 0 saturated carbocycles. The highest BCUT2D eigenvalue weighted by molar-refractivity contribution is 5.85. The Labute approximate surface area is 98.3 Å². The Bertz CT molecular complexity index is 476. The molecule has 2 rings (SSSR count). The number of pyridine rings is 1. The van der Waals surface area contributed by atoms with Crippen LogP contribution in [0.15, 0.2) is 36.5 Å². The van der Waals surface area contributed by atoms with Gasteiger partial charge in [-0.15, -0.1) is 24.8 Å². The number of halogens is 2.